The maximum Gasteiger partial charge on any atom is 0.323 e. The third-order valence-electron chi connectivity index (χ3n) is 3.25. The minimum atomic E-state index is -1.00. The minimum absolute atomic E-state index is 0.0582. The number of nitrogens with two attached hydrogens (primary N) is 1. The second-order valence-electron chi connectivity index (χ2n) is 4.53. The molecule has 0 fully saturated rings. The van der Waals surface area contributed by atoms with Crippen LogP contribution < -0.4 is 5.73 Å². The van der Waals surface area contributed by atoms with Gasteiger partial charge in [0.15, 0.2) is 0 Å². The summed E-state index contributed by atoms with van der Waals surface area (Å²) in [5, 5.41) is 8.82. The molecule has 0 aliphatic rings. The van der Waals surface area contributed by atoms with Crippen molar-refractivity contribution >= 4 is 11.9 Å². The first-order valence-electron chi connectivity index (χ1n) is 6.12. The van der Waals surface area contributed by atoms with Crippen LogP contribution in [-0.4, -0.2) is 40.5 Å². The van der Waals surface area contributed by atoms with Gasteiger partial charge in [-0.1, -0.05) is 27.2 Å². The summed E-state index contributed by atoms with van der Waals surface area (Å²) in [5.74, 6) is -1.21. The van der Waals surface area contributed by atoms with E-state index in [-0.39, 0.29) is 24.4 Å². The SMILES string of the molecule is CCC(C)[C@H](N)C(=O)N(CC(=O)O)C(C)CC. The molecule has 3 N–H and O–H groups in total. The smallest absolute Gasteiger partial charge is 0.323 e. The fourth-order valence-corrected chi connectivity index (χ4v) is 1.51. The molecule has 3 atom stereocenters. The average Bonchev–Trinajstić information content (AvgIpc) is 2.31. The number of nitrogens with zero attached hydrogens (tertiary/aromatic N) is 1. The van der Waals surface area contributed by atoms with Gasteiger partial charge in [-0.25, -0.2) is 0 Å². The molecule has 0 aliphatic heterocycles. The van der Waals surface area contributed by atoms with Crippen LogP contribution in [0, 0.1) is 5.92 Å². The molecule has 0 aromatic heterocycles. The molecule has 0 aromatic rings. The van der Waals surface area contributed by atoms with Gasteiger partial charge >= 0.3 is 5.97 Å². The molecule has 0 saturated carbocycles. The highest BCUT2D eigenvalue weighted by Crippen LogP contribution is 2.12. The zero-order chi connectivity index (χ0) is 13.6. The fourth-order valence-electron chi connectivity index (χ4n) is 1.51. The lowest BCUT2D eigenvalue weighted by Gasteiger charge is -2.31. The van der Waals surface area contributed by atoms with Crippen molar-refractivity contribution in [2.45, 2.75) is 52.6 Å². The normalized spacial score (nSPS) is 16.1. The van der Waals surface area contributed by atoms with Crippen LogP contribution in [0.2, 0.25) is 0 Å². The van der Waals surface area contributed by atoms with Crippen LogP contribution in [0.5, 0.6) is 0 Å². The van der Waals surface area contributed by atoms with Gasteiger partial charge < -0.3 is 15.7 Å². The molecule has 100 valence electrons. The quantitative estimate of drug-likeness (QED) is 0.701. The molecule has 17 heavy (non-hydrogen) atoms. The fraction of sp³-hybridized carbons (Fsp3) is 0.833. The summed E-state index contributed by atoms with van der Waals surface area (Å²) < 4.78 is 0. The highest BCUT2D eigenvalue weighted by Gasteiger charge is 2.28. The highest BCUT2D eigenvalue weighted by atomic mass is 16.4. The molecule has 5 heteroatoms. The maximum absolute atomic E-state index is 12.1. The third-order valence-corrected chi connectivity index (χ3v) is 3.25. The Bertz CT molecular complexity index is 268. The Morgan fingerprint density at radius 1 is 1.24 bits per heavy atom. The van der Waals surface area contributed by atoms with E-state index in [9.17, 15) is 9.59 Å². The summed E-state index contributed by atoms with van der Waals surface area (Å²) in [6.45, 7) is 7.34. The van der Waals surface area contributed by atoms with Crippen LogP contribution in [0.4, 0.5) is 0 Å². The van der Waals surface area contributed by atoms with E-state index < -0.39 is 12.0 Å². The molecule has 1 amide bonds. The summed E-state index contributed by atoms with van der Waals surface area (Å²) in [6, 6.07) is -0.720. The zero-order valence-electron chi connectivity index (χ0n) is 11.1. The van der Waals surface area contributed by atoms with Crippen LogP contribution in [-0.2, 0) is 9.59 Å². The molecule has 0 bridgehead atoms. The summed E-state index contributed by atoms with van der Waals surface area (Å²) in [4.78, 5) is 24.2. The molecule has 5 nitrogen and oxygen atoms in total. The van der Waals surface area contributed by atoms with Gasteiger partial charge in [0.25, 0.3) is 0 Å². The van der Waals surface area contributed by atoms with Gasteiger partial charge in [-0.3, -0.25) is 9.59 Å². The monoisotopic (exact) mass is 244 g/mol. The Kier molecular flexibility index (Phi) is 6.80. The topological polar surface area (TPSA) is 83.6 Å². The maximum atomic E-state index is 12.1. The number of carbonyl (C=O) groups excluding carboxylic acids is 1. The van der Waals surface area contributed by atoms with E-state index >= 15 is 0 Å². The Hall–Kier alpha value is -1.10. The standard InChI is InChI=1S/C12H24N2O3/c1-5-8(3)11(13)12(17)14(7-10(15)16)9(4)6-2/h8-9,11H,5-7,13H2,1-4H3,(H,15,16)/t8?,9?,11-/m0/s1. The summed E-state index contributed by atoms with van der Waals surface area (Å²) >= 11 is 0. The van der Waals surface area contributed by atoms with Crippen molar-refractivity contribution in [1.82, 2.24) is 4.90 Å². The average molecular weight is 244 g/mol. The lowest BCUT2D eigenvalue weighted by Crippen LogP contribution is -2.51. The van der Waals surface area contributed by atoms with Crippen molar-refractivity contribution in [3.8, 4) is 0 Å². The van der Waals surface area contributed by atoms with Crippen LogP contribution in [0.3, 0.4) is 0 Å². The number of amides is 1. The minimum Gasteiger partial charge on any atom is -0.480 e. The van der Waals surface area contributed by atoms with E-state index in [1.54, 1.807) is 0 Å². The molecule has 0 radical (unpaired) electrons. The van der Waals surface area contributed by atoms with Crippen LogP contribution in [0.25, 0.3) is 0 Å². The van der Waals surface area contributed by atoms with Crippen molar-refractivity contribution in [1.29, 1.82) is 0 Å². The van der Waals surface area contributed by atoms with Gasteiger partial charge in [-0.2, -0.15) is 0 Å². The first kappa shape index (κ1) is 15.9. The molecule has 0 rings (SSSR count). The Balaban J connectivity index is 4.79. The van der Waals surface area contributed by atoms with Crippen LogP contribution >= 0.6 is 0 Å². The number of rotatable bonds is 7. The number of carbonyl (C=O) groups is 2. The Morgan fingerprint density at radius 3 is 2.12 bits per heavy atom. The lowest BCUT2D eigenvalue weighted by molar-refractivity contribution is -0.147. The number of hydrogen-bond donors (Lipinski definition) is 2. The summed E-state index contributed by atoms with van der Waals surface area (Å²) in [5.41, 5.74) is 5.86. The molecular formula is C12H24N2O3. The van der Waals surface area contributed by atoms with Crippen molar-refractivity contribution < 1.29 is 14.7 Å². The summed E-state index contributed by atoms with van der Waals surface area (Å²) in [7, 11) is 0. The predicted octanol–water partition coefficient (Wildman–Crippen LogP) is 1.07. The van der Waals surface area contributed by atoms with Gasteiger partial charge in [0.2, 0.25) is 5.91 Å². The first-order valence-corrected chi connectivity index (χ1v) is 6.12. The lowest BCUT2D eigenvalue weighted by atomic mass is 9.98. The van der Waals surface area contributed by atoms with Gasteiger partial charge in [0.1, 0.15) is 6.54 Å². The summed E-state index contributed by atoms with van der Waals surface area (Å²) in [6.07, 6.45) is 1.51. The van der Waals surface area contributed by atoms with E-state index in [0.717, 1.165) is 6.42 Å². The zero-order valence-corrected chi connectivity index (χ0v) is 11.1. The van der Waals surface area contributed by atoms with Crippen molar-refractivity contribution in [2.75, 3.05) is 6.54 Å². The molecule has 0 heterocycles. The first-order chi connectivity index (χ1) is 7.84. The van der Waals surface area contributed by atoms with E-state index in [4.69, 9.17) is 10.8 Å². The second kappa shape index (κ2) is 7.27. The highest BCUT2D eigenvalue weighted by molar-refractivity contribution is 5.85. The predicted molar refractivity (Wildman–Crippen MR) is 66.5 cm³/mol. The van der Waals surface area contributed by atoms with E-state index in [1.165, 1.54) is 4.90 Å². The van der Waals surface area contributed by atoms with Crippen LogP contribution in [0.1, 0.15) is 40.5 Å². The molecule has 0 aromatic carbocycles. The van der Waals surface area contributed by atoms with Gasteiger partial charge in [-0.05, 0) is 19.3 Å². The van der Waals surface area contributed by atoms with Gasteiger partial charge in [0.05, 0.1) is 6.04 Å². The molecule has 0 saturated heterocycles. The van der Waals surface area contributed by atoms with Crippen molar-refractivity contribution in [3.05, 3.63) is 0 Å². The molecule has 2 unspecified atom stereocenters. The third kappa shape index (κ3) is 4.73. The van der Waals surface area contributed by atoms with Crippen molar-refractivity contribution in [3.63, 3.8) is 0 Å². The van der Waals surface area contributed by atoms with Crippen molar-refractivity contribution in [2.24, 2.45) is 11.7 Å². The number of hydrogen-bond acceptors (Lipinski definition) is 3. The second-order valence-corrected chi connectivity index (χ2v) is 4.53. The van der Waals surface area contributed by atoms with Crippen LogP contribution in [0.15, 0.2) is 0 Å². The molecular weight excluding hydrogens is 220 g/mol. The Labute approximate surface area is 103 Å². The van der Waals surface area contributed by atoms with E-state index in [0.29, 0.717) is 6.42 Å². The largest absolute Gasteiger partial charge is 0.480 e. The van der Waals surface area contributed by atoms with Gasteiger partial charge in [0, 0.05) is 6.04 Å². The molecule has 0 spiro atoms. The number of carboxylic acids is 1. The van der Waals surface area contributed by atoms with E-state index in [2.05, 4.69) is 0 Å². The number of aliphatic carboxylic acids is 1. The Morgan fingerprint density at radius 2 is 1.76 bits per heavy atom. The number of carboxylic acid groups (broad SMARTS) is 1. The van der Waals surface area contributed by atoms with E-state index in [1.807, 2.05) is 27.7 Å². The van der Waals surface area contributed by atoms with Gasteiger partial charge in [-0.15, -0.1) is 0 Å². The molecule has 0 aliphatic carbocycles.